The Balaban J connectivity index is 1.90. The SMILES string of the molecule is CC(C)(C)c1ccc(N2C(=O)C(=O)/C(=C(/O)c3cccc(Cl)c3)C2c2cccnc2)cc1. The molecule has 1 unspecified atom stereocenters. The summed E-state index contributed by atoms with van der Waals surface area (Å²) in [7, 11) is 0. The van der Waals surface area contributed by atoms with Crippen molar-refractivity contribution in [3.63, 3.8) is 0 Å². The molecule has 2 heterocycles. The lowest BCUT2D eigenvalue weighted by atomic mass is 9.87. The first kappa shape index (κ1) is 21.8. The van der Waals surface area contributed by atoms with E-state index in [0.717, 1.165) is 5.56 Å². The Hall–Kier alpha value is -3.44. The van der Waals surface area contributed by atoms with Crippen molar-refractivity contribution in [2.24, 2.45) is 0 Å². The summed E-state index contributed by atoms with van der Waals surface area (Å²) in [5, 5.41) is 11.5. The molecule has 2 aromatic carbocycles. The van der Waals surface area contributed by atoms with Gasteiger partial charge in [0.1, 0.15) is 5.76 Å². The number of ketones is 1. The van der Waals surface area contributed by atoms with Crippen molar-refractivity contribution in [3.8, 4) is 0 Å². The van der Waals surface area contributed by atoms with E-state index in [9.17, 15) is 14.7 Å². The highest BCUT2D eigenvalue weighted by Crippen LogP contribution is 2.42. The van der Waals surface area contributed by atoms with Crippen LogP contribution in [0.15, 0.2) is 78.6 Å². The number of carbonyl (C=O) groups excluding carboxylic acids is 2. The first-order valence-corrected chi connectivity index (χ1v) is 10.6. The Kier molecular flexibility index (Phi) is 5.61. The van der Waals surface area contributed by atoms with Crippen molar-refractivity contribution in [3.05, 3.63) is 100 Å². The van der Waals surface area contributed by atoms with Gasteiger partial charge in [-0.3, -0.25) is 19.5 Å². The summed E-state index contributed by atoms with van der Waals surface area (Å²) in [4.78, 5) is 31.9. The number of Topliss-reactive ketones (excluding diaryl/α,β-unsaturated/α-hetero) is 1. The number of halogens is 1. The Morgan fingerprint density at radius 1 is 1.03 bits per heavy atom. The van der Waals surface area contributed by atoms with Gasteiger partial charge in [-0.2, -0.15) is 0 Å². The third-order valence-corrected chi connectivity index (χ3v) is 5.79. The highest BCUT2D eigenvalue weighted by molar-refractivity contribution is 6.51. The molecule has 1 aromatic heterocycles. The lowest BCUT2D eigenvalue weighted by Gasteiger charge is -2.26. The van der Waals surface area contributed by atoms with Crippen molar-refractivity contribution >= 4 is 34.7 Å². The molecule has 3 aromatic rings. The maximum atomic E-state index is 13.2. The number of hydrogen-bond acceptors (Lipinski definition) is 4. The number of carbonyl (C=O) groups is 2. The average molecular weight is 447 g/mol. The summed E-state index contributed by atoms with van der Waals surface area (Å²) in [6, 6.07) is 16.8. The summed E-state index contributed by atoms with van der Waals surface area (Å²) in [6.07, 6.45) is 3.21. The van der Waals surface area contributed by atoms with Gasteiger partial charge in [0.25, 0.3) is 11.7 Å². The monoisotopic (exact) mass is 446 g/mol. The van der Waals surface area contributed by atoms with Gasteiger partial charge in [0.15, 0.2) is 0 Å². The molecule has 0 saturated carbocycles. The minimum atomic E-state index is -0.817. The van der Waals surface area contributed by atoms with Gasteiger partial charge in [0.05, 0.1) is 11.6 Å². The van der Waals surface area contributed by atoms with Gasteiger partial charge >= 0.3 is 0 Å². The minimum absolute atomic E-state index is 0.00478. The first-order chi connectivity index (χ1) is 15.2. The van der Waals surface area contributed by atoms with Crippen LogP contribution in [0, 0.1) is 0 Å². The van der Waals surface area contributed by atoms with Crippen molar-refractivity contribution in [2.75, 3.05) is 4.90 Å². The van der Waals surface area contributed by atoms with Crippen molar-refractivity contribution < 1.29 is 14.7 Å². The van der Waals surface area contributed by atoms with Crippen LogP contribution in [-0.2, 0) is 15.0 Å². The molecule has 1 aliphatic heterocycles. The largest absolute Gasteiger partial charge is 0.507 e. The number of hydrogen-bond donors (Lipinski definition) is 1. The zero-order valence-electron chi connectivity index (χ0n) is 18.0. The van der Waals surface area contributed by atoms with Gasteiger partial charge in [-0.25, -0.2) is 0 Å². The Morgan fingerprint density at radius 3 is 2.34 bits per heavy atom. The Morgan fingerprint density at radius 2 is 1.75 bits per heavy atom. The number of nitrogens with zero attached hydrogens (tertiary/aromatic N) is 2. The van der Waals surface area contributed by atoms with Gasteiger partial charge in [-0.15, -0.1) is 0 Å². The molecule has 1 atom stereocenters. The van der Waals surface area contributed by atoms with E-state index in [1.165, 1.54) is 4.90 Å². The van der Waals surface area contributed by atoms with Gasteiger partial charge < -0.3 is 5.11 Å². The van der Waals surface area contributed by atoms with Crippen LogP contribution >= 0.6 is 11.6 Å². The standard InChI is InChI=1S/C26H23ClN2O3/c1-26(2,3)18-9-11-20(12-10-18)29-22(17-7-5-13-28-15-17)21(24(31)25(29)32)23(30)16-6-4-8-19(27)14-16/h4-15,22,30H,1-3H3/b23-21+. The summed E-state index contributed by atoms with van der Waals surface area (Å²) < 4.78 is 0. The fourth-order valence-electron chi connectivity index (χ4n) is 3.87. The van der Waals surface area contributed by atoms with Crippen LogP contribution in [0.1, 0.15) is 43.5 Å². The van der Waals surface area contributed by atoms with Crippen LogP contribution in [0.2, 0.25) is 5.02 Å². The number of anilines is 1. The van der Waals surface area contributed by atoms with Crippen LogP contribution < -0.4 is 4.90 Å². The van der Waals surface area contributed by atoms with E-state index in [1.807, 2.05) is 24.3 Å². The van der Waals surface area contributed by atoms with E-state index in [2.05, 4.69) is 25.8 Å². The second-order valence-corrected chi connectivity index (χ2v) is 9.20. The molecule has 1 N–H and O–H groups in total. The normalized spacial score (nSPS) is 18.2. The highest BCUT2D eigenvalue weighted by Gasteiger charge is 2.47. The number of pyridine rings is 1. The van der Waals surface area contributed by atoms with Crippen LogP contribution in [0.5, 0.6) is 0 Å². The van der Waals surface area contributed by atoms with E-state index in [1.54, 1.807) is 48.8 Å². The quantitative estimate of drug-likeness (QED) is 0.320. The third-order valence-electron chi connectivity index (χ3n) is 5.55. The molecule has 0 radical (unpaired) electrons. The molecule has 1 fully saturated rings. The van der Waals surface area contributed by atoms with Crippen molar-refractivity contribution in [1.82, 2.24) is 4.98 Å². The number of aliphatic hydroxyl groups is 1. The summed E-state index contributed by atoms with van der Waals surface area (Å²) in [5.41, 5.74) is 2.61. The zero-order chi connectivity index (χ0) is 23.0. The van der Waals surface area contributed by atoms with Crippen LogP contribution in [-0.4, -0.2) is 21.8 Å². The van der Waals surface area contributed by atoms with Crippen LogP contribution in [0.4, 0.5) is 5.69 Å². The van der Waals surface area contributed by atoms with E-state index >= 15 is 0 Å². The molecule has 1 amide bonds. The van der Waals surface area contributed by atoms with E-state index in [4.69, 9.17) is 11.6 Å². The third kappa shape index (κ3) is 3.92. The summed E-state index contributed by atoms with van der Waals surface area (Å²) in [5.74, 6) is -1.73. The second-order valence-electron chi connectivity index (χ2n) is 8.76. The molecule has 5 nitrogen and oxygen atoms in total. The molecule has 1 aliphatic rings. The van der Waals surface area contributed by atoms with Gasteiger partial charge in [-0.05, 0) is 46.9 Å². The van der Waals surface area contributed by atoms with Crippen molar-refractivity contribution in [1.29, 1.82) is 0 Å². The molecular formula is C26H23ClN2O3. The van der Waals surface area contributed by atoms with E-state index in [-0.39, 0.29) is 16.7 Å². The first-order valence-electron chi connectivity index (χ1n) is 10.3. The van der Waals surface area contributed by atoms with Crippen molar-refractivity contribution in [2.45, 2.75) is 32.2 Å². The summed E-state index contributed by atoms with van der Waals surface area (Å²) >= 11 is 6.08. The van der Waals surface area contributed by atoms with E-state index < -0.39 is 17.7 Å². The molecular weight excluding hydrogens is 424 g/mol. The fourth-order valence-corrected chi connectivity index (χ4v) is 4.06. The maximum Gasteiger partial charge on any atom is 0.300 e. The maximum absolute atomic E-state index is 13.2. The topological polar surface area (TPSA) is 70.5 Å². The van der Waals surface area contributed by atoms with Gasteiger partial charge in [0.2, 0.25) is 0 Å². The van der Waals surface area contributed by atoms with Crippen LogP contribution in [0.3, 0.4) is 0 Å². The van der Waals surface area contributed by atoms with Crippen LogP contribution in [0.25, 0.3) is 5.76 Å². The molecule has 0 spiro atoms. The molecule has 0 aliphatic carbocycles. The number of aliphatic hydroxyl groups excluding tert-OH is 1. The number of benzene rings is 2. The number of amides is 1. The zero-order valence-corrected chi connectivity index (χ0v) is 18.8. The Bertz CT molecular complexity index is 1210. The lowest BCUT2D eigenvalue weighted by molar-refractivity contribution is -0.132. The number of aromatic nitrogens is 1. The molecule has 162 valence electrons. The van der Waals surface area contributed by atoms with Gasteiger partial charge in [0, 0.05) is 28.7 Å². The van der Waals surface area contributed by atoms with Gasteiger partial charge in [-0.1, -0.05) is 62.7 Å². The smallest absolute Gasteiger partial charge is 0.300 e. The average Bonchev–Trinajstić information content (AvgIpc) is 3.04. The molecule has 1 saturated heterocycles. The highest BCUT2D eigenvalue weighted by atomic mass is 35.5. The molecule has 0 bridgehead atoms. The minimum Gasteiger partial charge on any atom is -0.507 e. The fraction of sp³-hybridized carbons (Fsp3) is 0.192. The molecule has 6 heteroatoms. The van der Waals surface area contributed by atoms with E-state index in [0.29, 0.717) is 21.8 Å². The molecule has 4 rings (SSSR count). The number of rotatable bonds is 3. The molecule has 32 heavy (non-hydrogen) atoms. The predicted molar refractivity (Wildman–Crippen MR) is 126 cm³/mol. The Labute approximate surface area is 192 Å². The predicted octanol–water partition coefficient (Wildman–Crippen LogP) is 5.66. The summed E-state index contributed by atoms with van der Waals surface area (Å²) in [6.45, 7) is 6.32. The lowest BCUT2D eigenvalue weighted by Crippen LogP contribution is -2.29. The second kappa shape index (κ2) is 8.24.